The summed E-state index contributed by atoms with van der Waals surface area (Å²) in [5, 5.41) is 0. The summed E-state index contributed by atoms with van der Waals surface area (Å²) in [6, 6.07) is 4.54. The molecule has 0 radical (unpaired) electrons. The number of isocyanates is 2. The van der Waals surface area contributed by atoms with Crippen molar-refractivity contribution in [3.63, 3.8) is 0 Å². The Morgan fingerprint density at radius 1 is 1.10 bits per heavy atom. The molecular weight excluding hydrogens is 256 g/mol. The van der Waals surface area contributed by atoms with Crippen molar-refractivity contribution >= 4 is 23.5 Å². The summed E-state index contributed by atoms with van der Waals surface area (Å²) < 4.78 is 0. The van der Waals surface area contributed by atoms with Gasteiger partial charge >= 0.3 is 0 Å². The van der Waals surface area contributed by atoms with Gasteiger partial charge in [0.15, 0.2) is 0 Å². The Kier molecular flexibility index (Phi) is 7.11. The van der Waals surface area contributed by atoms with Crippen molar-refractivity contribution in [2.24, 2.45) is 21.5 Å². The number of carbonyl (C=O) groups excluding carboxylic acids is 2. The normalized spacial score (nSPS) is 11.3. The fraction of sp³-hybridized carbons (Fsp3) is 0.429. The zero-order chi connectivity index (χ0) is 14.8. The highest BCUT2D eigenvalue weighted by Gasteiger charge is 2.12. The number of rotatable bonds is 8. The molecule has 0 aliphatic carbocycles. The molecule has 0 aliphatic heterocycles. The van der Waals surface area contributed by atoms with Gasteiger partial charge in [-0.3, -0.25) is 0 Å². The summed E-state index contributed by atoms with van der Waals surface area (Å²) in [5.74, 6) is 0. The van der Waals surface area contributed by atoms with Crippen molar-refractivity contribution in [2.75, 3.05) is 6.54 Å². The molecule has 0 aliphatic rings. The van der Waals surface area contributed by atoms with Gasteiger partial charge in [-0.1, -0.05) is 12.8 Å². The van der Waals surface area contributed by atoms with Crippen LogP contribution in [0.5, 0.6) is 0 Å². The molecule has 0 spiro atoms. The smallest absolute Gasteiger partial charge is 0.240 e. The molecule has 0 saturated carbocycles. The zero-order valence-corrected chi connectivity index (χ0v) is 11.2. The van der Waals surface area contributed by atoms with Gasteiger partial charge in [0.1, 0.15) is 0 Å². The predicted molar refractivity (Wildman–Crippen MR) is 76.5 cm³/mol. The van der Waals surface area contributed by atoms with Crippen LogP contribution >= 0.6 is 0 Å². The largest absolute Gasteiger partial charge is 0.330 e. The number of aliphatic imine (C=N–C) groups is 2. The molecule has 0 heterocycles. The van der Waals surface area contributed by atoms with Crippen LogP contribution in [0.3, 0.4) is 0 Å². The highest BCUT2D eigenvalue weighted by molar-refractivity contribution is 5.61. The third-order valence-corrected chi connectivity index (χ3v) is 2.97. The molecular formula is C14H18N4O2. The van der Waals surface area contributed by atoms with E-state index in [1.807, 2.05) is 0 Å². The van der Waals surface area contributed by atoms with Crippen LogP contribution in [0.4, 0.5) is 11.4 Å². The number of nitrogens with two attached hydrogens (primary N) is 2. The van der Waals surface area contributed by atoms with E-state index in [2.05, 4.69) is 9.98 Å². The summed E-state index contributed by atoms with van der Waals surface area (Å²) >= 11 is 0. The minimum atomic E-state index is -0.276. The van der Waals surface area contributed by atoms with Crippen LogP contribution in [-0.2, 0) is 9.59 Å². The van der Waals surface area contributed by atoms with Crippen molar-refractivity contribution in [3.05, 3.63) is 23.8 Å². The van der Waals surface area contributed by atoms with Crippen LogP contribution in [0.2, 0.25) is 0 Å². The lowest BCUT2D eigenvalue weighted by Crippen LogP contribution is -2.10. The fourth-order valence-corrected chi connectivity index (χ4v) is 1.95. The SMILES string of the molecule is NCCCCCC(N)c1cc(N=C=O)ccc1N=C=O. The van der Waals surface area contributed by atoms with Crippen LogP contribution < -0.4 is 11.5 Å². The third-order valence-electron chi connectivity index (χ3n) is 2.97. The summed E-state index contributed by atoms with van der Waals surface area (Å²) in [7, 11) is 0. The van der Waals surface area contributed by atoms with Crippen molar-refractivity contribution < 1.29 is 9.59 Å². The van der Waals surface area contributed by atoms with Gasteiger partial charge in [0.25, 0.3) is 0 Å². The van der Waals surface area contributed by atoms with Gasteiger partial charge in [0.2, 0.25) is 12.2 Å². The summed E-state index contributed by atoms with van der Waals surface area (Å²) in [6.45, 7) is 0.666. The Bertz CT molecular complexity index is 532. The van der Waals surface area contributed by atoms with E-state index in [-0.39, 0.29) is 6.04 Å². The second-order valence-corrected chi connectivity index (χ2v) is 4.39. The fourth-order valence-electron chi connectivity index (χ4n) is 1.95. The van der Waals surface area contributed by atoms with E-state index in [9.17, 15) is 9.59 Å². The first-order valence-corrected chi connectivity index (χ1v) is 6.48. The molecule has 0 aromatic heterocycles. The lowest BCUT2D eigenvalue weighted by molar-refractivity contribution is 0.563. The molecule has 0 saturated heterocycles. The van der Waals surface area contributed by atoms with Gasteiger partial charge in [0.05, 0.1) is 11.4 Å². The Morgan fingerprint density at radius 2 is 1.85 bits per heavy atom. The van der Waals surface area contributed by atoms with Crippen LogP contribution in [0.25, 0.3) is 0 Å². The minimum Gasteiger partial charge on any atom is -0.330 e. The van der Waals surface area contributed by atoms with Crippen molar-refractivity contribution in [1.82, 2.24) is 0 Å². The first kappa shape index (κ1) is 16.0. The monoisotopic (exact) mass is 274 g/mol. The van der Waals surface area contributed by atoms with Crippen molar-refractivity contribution in [3.8, 4) is 0 Å². The maximum absolute atomic E-state index is 10.4. The third kappa shape index (κ3) is 4.88. The number of hydrogen-bond donors (Lipinski definition) is 2. The molecule has 20 heavy (non-hydrogen) atoms. The molecule has 0 fully saturated rings. The van der Waals surface area contributed by atoms with Crippen molar-refractivity contribution in [1.29, 1.82) is 0 Å². The first-order valence-electron chi connectivity index (χ1n) is 6.48. The van der Waals surface area contributed by atoms with Crippen LogP contribution in [0, 0.1) is 0 Å². The maximum atomic E-state index is 10.4. The molecule has 1 aromatic carbocycles. The highest BCUT2D eigenvalue weighted by atomic mass is 16.1. The number of hydrogen-bond acceptors (Lipinski definition) is 6. The van der Waals surface area contributed by atoms with E-state index in [4.69, 9.17) is 11.5 Å². The van der Waals surface area contributed by atoms with Gasteiger partial charge in [0, 0.05) is 6.04 Å². The molecule has 1 atom stereocenters. The topological polar surface area (TPSA) is 111 Å². The Morgan fingerprint density at radius 3 is 2.50 bits per heavy atom. The lowest BCUT2D eigenvalue weighted by atomic mass is 9.99. The predicted octanol–water partition coefficient (Wildman–Crippen LogP) is 2.14. The van der Waals surface area contributed by atoms with Gasteiger partial charge in [-0.2, -0.15) is 9.98 Å². The number of unbranched alkanes of at least 4 members (excludes halogenated alkanes) is 2. The molecule has 1 rings (SSSR count). The van der Waals surface area contributed by atoms with E-state index in [1.54, 1.807) is 18.2 Å². The van der Waals surface area contributed by atoms with Gasteiger partial charge in [-0.15, -0.1) is 0 Å². The van der Waals surface area contributed by atoms with E-state index < -0.39 is 0 Å². The second-order valence-electron chi connectivity index (χ2n) is 4.39. The summed E-state index contributed by atoms with van der Waals surface area (Å²) in [6.07, 6.45) is 6.62. The molecule has 1 aromatic rings. The quantitative estimate of drug-likeness (QED) is 0.429. The van der Waals surface area contributed by atoms with Crippen LogP contribution in [-0.4, -0.2) is 18.7 Å². The average molecular weight is 274 g/mol. The zero-order valence-electron chi connectivity index (χ0n) is 11.2. The van der Waals surface area contributed by atoms with Crippen molar-refractivity contribution in [2.45, 2.75) is 31.7 Å². The van der Waals surface area contributed by atoms with E-state index in [1.165, 1.54) is 12.2 Å². The summed E-state index contributed by atoms with van der Waals surface area (Å²) in [5.41, 5.74) is 13.1. The van der Waals surface area contributed by atoms with Gasteiger partial charge in [-0.25, -0.2) is 9.59 Å². The average Bonchev–Trinajstić information content (AvgIpc) is 2.45. The molecule has 1 unspecified atom stereocenters. The molecule has 6 heteroatoms. The van der Waals surface area contributed by atoms with Crippen LogP contribution in [0.15, 0.2) is 28.2 Å². The van der Waals surface area contributed by atoms with E-state index in [0.717, 1.165) is 25.7 Å². The second kappa shape index (κ2) is 8.91. The van der Waals surface area contributed by atoms with E-state index >= 15 is 0 Å². The Labute approximate surface area is 117 Å². The minimum absolute atomic E-state index is 0.276. The van der Waals surface area contributed by atoms with Gasteiger partial charge in [-0.05, 0) is 43.1 Å². The Balaban J connectivity index is 2.90. The standard InChI is InChI=1S/C14H18N4O2/c15-7-3-1-2-4-13(16)12-8-11(17-9-19)5-6-14(12)18-10-20/h5-6,8,13H,1-4,7,15-16H2. The summed E-state index contributed by atoms with van der Waals surface area (Å²) in [4.78, 5) is 27.9. The van der Waals surface area contributed by atoms with E-state index in [0.29, 0.717) is 23.5 Å². The lowest BCUT2D eigenvalue weighted by Gasteiger charge is -2.14. The molecule has 6 nitrogen and oxygen atoms in total. The maximum Gasteiger partial charge on any atom is 0.240 e. The van der Waals surface area contributed by atoms with Gasteiger partial charge < -0.3 is 11.5 Å². The first-order chi connectivity index (χ1) is 9.72. The highest BCUT2D eigenvalue weighted by Crippen LogP contribution is 2.30. The molecule has 106 valence electrons. The number of benzene rings is 1. The number of nitrogens with zero attached hydrogens (tertiary/aromatic N) is 2. The molecule has 0 bridgehead atoms. The van der Waals surface area contributed by atoms with Crippen LogP contribution in [0.1, 0.15) is 37.3 Å². The molecule has 4 N–H and O–H groups in total. The Hall–Kier alpha value is -2.10. The molecule has 0 amide bonds.